The second-order valence-electron chi connectivity index (χ2n) is 5.21. The van der Waals surface area contributed by atoms with Crippen LogP contribution in [0, 0.1) is 11.6 Å². The average Bonchev–Trinajstić information content (AvgIpc) is 2.37. The summed E-state index contributed by atoms with van der Waals surface area (Å²) < 4.78 is 27.4. The van der Waals surface area contributed by atoms with Gasteiger partial charge in [-0.05, 0) is 39.3 Å². The van der Waals surface area contributed by atoms with Crippen LogP contribution in [-0.4, -0.2) is 23.5 Å². The van der Waals surface area contributed by atoms with Crippen molar-refractivity contribution in [1.82, 2.24) is 5.32 Å². The highest BCUT2D eigenvalue weighted by Crippen LogP contribution is 2.40. The molecule has 1 aromatic rings. The van der Waals surface area contributed by atoms with Crippen molar-refractivity contribution in [2.75, 3.05) is 7.05 Å². The molecule has 1 aliphatic rings. The summed E-state index contributed by atoms with van der Waals surface area (Å²) in [5.74, 6) is -2.55. The minimum Gasteiger partial charge on any atom is -0.382 e. The van der Waals surface area contributed by atoms with Gasteiger partial charge in [0.2, 0.25) is 0 Å². The minimum absolute atomic E-state index is 0.0417. The summed E-state index contributed by atoms with van der Waals surface area (Å²) in [4.78, 5) is 12.5. The third kappa shape index (κ3) is 2.07. The van der Waals surface area contributed by atoms with Crippen LogP contribution < -0.4 is 5.32 Å². The Balaban J connectivity index is 2.60. The molecule has 0 spiro atoms. The molecule has 104 valence electrons. The van der Waals surface area contributed by atoms with Crippen molar-refractivity contribution in [3.8, 4) is 0 Å². The van der Waals surface area contributed by atoms with Crippen molar-refractivity contribution >= 4 is 5.78 Å². The van der Waals surface area contributed by atoms with Gasteiger partial charge in [0.15, 0.2) is 17.4 Å². The highest BCUT2D eigenvalue weighted by atomic mass is 19.2. The number of benzene rings is 1. The molecule has 1 aromatic carbocycles. The molecule has 1 aliphatic carbocycles. The quantitative estimate of drug-likeness (QED) is 0.862. The number of halogens is 2. The van der Waals surface area contributed by atoms with Crippen LogP contribution in [-0.2, 0) is 10.3 Å². The van der Waals surface area contributed by atoms with E-state index in [2.05, 4.69) is 5.32 Å². The third-order valence-electron chi connectivity index (χ3n) is 3.93. The first-order valence-corrected chi connectivity index (χ1v) is 6.26. The molecule has 0 bridgehead atoms. The van der Waals surface area contributed by atoms with Gasteiger partial charge in [-0.25, -0.2) is 8.78 Å². The van der Waals surface area contributed by atoms with Crippen LogP contribution in [0.25, 0.3) is 0 Å². The number of carbonyl (C=O) groups excluding carboxylic acids is 1. The lowest BCUT2D eigenvalue weighted by Crippen LogP contribution is -2.59. The predicted octanol–water partition coefficient (Wildman–Crippen LogP) is 1.88. The molecule has 1 fully saturated rings. The molecule has 2 unspecified atom stereocenters. The van der Waals surface area contributed by atoms with E-state index in [1.54, 1.807) is 0 Å². The summed E-state index contributed by atoms with van der Waals surface area (Å²) in [6.45, 7) is 1.41. The smallest absolute Gasteiger partial charge is 0.188 e. The zero-order chi connectivity index (χ0) is 14.3. The van der Waals surface area contributed by atoms with Gasteiger partial charge in [0.1, 0.15) is 11.1 Å². The van der Waals surface area contributed by atoms with Crippen LogP contribution in [0.15, 0.2) is 18.2 Å². The van der Waals surface area contributed by atoms with E-state index in [0.717, 1.165) is 6.07 Å². The van der Waals surface area contributed by atoms with Crippen LogP contribution in [0.2, 0.25) is 0 Å². The van der Waals surface area contributed by atoms with E-state index >= 15 is 0 Å². The second-order valence-corrected chi connectivity index (χ2v) is 5.21. The summed E-state index contributed by atoms with van der Waals surface area (Å²) >= 11 is 0. The number of carbonyl (C=O) groups is 1. The van der Waals surface area contributed by atoms with Gasteiger partial charge >= 0.3 is 0 Å². The normalized spacial score (nSPS) is 31.5. The van der Waals surface area contributed by atoms with Crippen LogP contribution in [0.4, 0.5) is 8.78 Å². The number of likely N-dealkylation sites (N-methyl/N-ethyl adjacent to an activating group) is 1. The highest BCUT2D eigenvalue weighted by molar-refractivity contribution is 5.96. The standard InChI is InChI=1S/C14H17F2NO2/c1-13(19)7-4-8-14(17-2,12(13)18)9-5-3-6-10(15)11(9)16/h3,5-6,17,19H,4,7-8H2,1-2H3. The number of hydrogen-bond acceptors (Lipinski definition) is 3. The van der Waals surface area contributed by atoms with Crippen molar-refractivity contribution in [2.24, 2.45) is 0 Å². The Labute approximate surface area is 110 Å². The summed E-state index contributed by atoms with van der Waals surface area (Å²) in [5.41, 5.74) is -2.94. The van der Waals surface area contributed by atoms with Crippen LogP contribution in [0.3, 0.4) is 0 Å². The zero-order valence-electron chi connectivity index (χ0n) is 11.0. The number of hydrogen-bond donors (Lipinski definition) is 2. The Kier molecular flexibility index (Phi) is 3.45. The topological polar surface area (TPSA) is 49.3 Å². The molecule has 0 aliphatic heterocycles. The molecular weight excluding hydrogens is 252 g/mol. The molecule has 2 N–H and O–H groups in total. The Bertz CT molecular complexity index is 516. The molecule has 0 radical (unpaired) electrons. The lowest BCUT2D eigenvalue weighted by Gasteiger charge is -2.42. The van der Waals surface area contributed by atoms with E-state index in [-0.39, 0.29) is 5.56 Å². The number of rotatable bonds is 2. The van der Waals surface area contributed by atoms with Gasteiger partial charge in [-0.1, -0.05) is 12.1 Å². The van der Waals surface area contributed by atoms with E-state index in [4.69, 9.17) is 0 Å². The van der Waals surface area contributed by atoms with Crippen molar-refractivity contribution in [2.45, 2.75) is 37.3 Å². The fourth-order valence-corrected chi connectivity index (χ4v) is 2.85. The molecule has 3 nitrogen and oxygen atoms in total. The number of Topliss-reactive ketones (excluding diaryl/α,β-unsaturated/α-hetero) is 1. The lowest BCUT2D eigenvalue weighted by molar-refractivity contribution is -0.148. The molecule has 19 heavy (non-hydrogen) atoms. The van der Waals surface area contributed by atoms with Gasteiger partial charge in [-0.15, -0.1) is 0 Å². The zero-order valence-corrected chi connectivity index (χ0v) is 11.0. The van der Waals surface area contributed by atoms with E-state index in [1.165, 1.54) is 26.1 Å². The van der Waals surface area contributed by atoms with E-state index in [9.17, 15) is 18.7 Å². The van der Waals surface area contributed by atoms with Gasteiger partial charge in [-0.2, -0.15) is 0 Å². The molecule has 0 aromatic heterocycles. The maximum Gasteiger partial charge on any atom is 0.188 e. The lowest BCUT2D eigenvalue weighted by atomic mass is 9.69. The first-order chi connectivity index (χ1) is 8.85. The van der Waals surface area contributed by atoms with Gasteiger partial charge < -0.3 is 10.4 Å². The first kappa shape index (κ1) is 14.1. The molecular formula is C14H17F2NO2. The molecule has 0 heterocycles. The largest absolute Gasteiger partial charge is 0.382 e. The summed E-state index contributed by atoms with van der Waals surface area (Å²) in [6.07, 6.45) is 1.21. The van der Waals surface area contributed by atoms with E-state index in [1.807, 2.05) is 0 Å². The second kappa shape index (κ2) is 4.65. The summed E-state index contributed by atoms with van der Waals surface area (Å²) in [5, 5.41) is 12.9. The monoisotopic (exact) mass is 269 g/mol. The number of ketones is 1. The minimum atomic E-state index is -1.53. The van der Waals surface area contributed by atoms with Gasteiger partial charge in [-0.3, -0.25) is 4.79 Å². The first-order valence-electron chi connectivity index (χ1n) is 6.26. The van der Waals surface area contributed by atoms with Crippen molar-refractivity contribution in [3.63, 3.8) is 0 Å². The van der Waals surface area contributed by atoms with E-state index in [0.29, 0.717) is 19.3 Å². The fraction of sp³-hybridized carbons (Fsp3) is 0.500. The van der Waals surface area contributed by atoms with Crippen molar-refractivity contribution in [3.05, 3.63) is 35.4 Å². The average molecular weight is 269 g/mol. The molecule has 0 saturated heterocycles. The summed E-state index contributed by atoms with van der Waals surface area (Å²) in [7, 11) is 1.52. The Morgan fingerprint density at radius 3 is 2.63 bits per heavy atom. The Hall–Kier alpha value is -1.33. The SMILES string of the molecule is CNC1(c2cccc(F)c2F)CCCC(C)(O)C1=O. The van der Waals surface area contributed by atoms with Crippen LogP contribution >= 0.6 is 0 Å². The van der Waals surface area contributed by atoms with Crippen LogP contribution in [0.1, 0.15) is 31.7 Å². The van der Waals surface area contributed by atoms with Crippen molar-refractivity contribution in [1.29, 1.82) is 0 Å². The van der Waals surface area contributed by atoms with Gasteiger partial charge in [0, 0.05) is 5.56 Å². The maximum atomic E-state index is 14.0. The predicted molar refractivity (Wildman–Crippen MR) is 66.6 cm³/mol. The Morgan fingerprint density at radius 2 is 2.00 bits per heavy atom. The molecule has 5 heteroatoms. The molecule has 2 atom stereocenters. The number of aliphatic hydroxyl groups is 1. The summed E-state index contributed by atoms with van der Waals surface area (Å²) in [6, 6.07) is 3.76. The number of nitrogens with one attached hydrogen (secondary N) is 1. The van der Waals surface area contributed by atoms with Crippen LogP contribution in [0.5, 0.6) is 0 Å². The third-order valence-corrected chi connectivity index (χ3v) is 3.93. The molecule has 1 saturated carbocycles. The Morgan fingerprint density at radius 1 is 1.32 bits per heavy atom. The highest BCUT2D eigenvalue weighted by Gasteiger charge is 2.51. The maximum absolute atomic E-state index is 14.0. The van der Waals surface area contributed by atoms with E-state index < -0.39 is 28.6 Å². The van der Waals surface area contributed by atoms with Gasteiger partial charge in [0.05, 0.1) is 0 Å². The van der Waals surface area contributed by atoms with Crippen molar-refractivity contribution < 1.29 is 18.7 Å². The molecule has 0 amide bonds. The van der Waals surface area contributed by atoms with Gasteiger partial charge in [0.25, 0.3) is 0 Å². The molecule has 2 rings (SSSR count). The fourth-order valence-electron chi connectivity index (χ4n) is 2.85.